The molecule has 6 nitrogen and oxygen atoms in total. The zero-order valence-electron chi connectivity index (χ0n) is 13.8. The highest BCUT2D eigenvalue weighted by atomic mass is 16.3. The van der Waals surface area contributed by atoms with Crippen molar-refractivity contribution < 1.29 is 14.0 Å². The lowest BCUT2D eigenvalue weighted by molar-refractivity contribution is -0.118. The van der Waals surface area contributed by atoms with Crippen molar-refractivity contribution in [3.8, 4) is 0 Å². The minimum Gasteiger partial charge on any atom is -0.467 e. The molecule has 0 saturated carbocycles. The summed E-state index contributed by atoms with van der Waals surface area (Å²) in [6.45, 7) is 4.91. The van der Waals surface area contributed by atoms with E-state index in [1.165, 1.54) is 0 Å². The van der Waals surface area contributed by atoms with Crippen LogP contribution in [0.2, 0.25) is 0 Å². The van der Waals surface area contributed by atoms with Gasteiger partial charge in [0.25, 0.3) is 0 Å². The zero-order valence-corrected chi connectivity index (χ0v) is 13.8. The Morgan fingerprint density at radius 1 is 1.29 bits per heavy atom. The predicted molar refractivity (Wildman–Crippen MR) is 90.8 cm³/mol. The van der Waals surface area contributed by atoms with Gasteiger partial charge >= 0.3 is 6.03 Å². The number of amides is 3. The summed E-state index contributed by atoms with van der Waals surface area (Å²) in [5.74, 6) is 0.591. The van der Waals surface area contributed by atoms with Crippen LogP contribution in [-0.2, 0) is 11.3 Å². The molecule has 0 radical (unpaired) electrons. The summed E-state index contributed by atoms with van der Waals surface area (Å²) in [5.41, 5.74) is 3.12. The maximum atomic E-state index is 12.6. The molecule has 1 saturated heterocycles. The van der Waals surface area contributed by atoms with Crippen LogP contribution >= 0.6 is 0 Å². The van der Waals surface area contributed by atoms with Gasteiger partial charge in [-0.15, -0.1) is 0 Å². The molecular formula is C18H21N3O3. The third-order valence-electron chi connectivity index (χ3n) is 4.03. The molecule has 1 aromatic carbocycles. The number of aryl methyl sites for hydroxylation is 2. The second-order valence-corrected chi connectivity index (χ2v) is 6.08. The van der Waals surface area contributed by atoms with E-state index in [9.17, 15) is 9.59 Å². The molecule has 2 N–H and O–H groups in total. The number of nitrogens with zero attached hydrogens (tertiary/aromatic N) is 1. The first kappa shape index (κ1) is 16.1. The van der Waals surface area contributed by atoms with E-state index in [4.69, 9.17) is 4.42 Å². The van der Waals surface area contributed by atoms with Crippen molar-refractivity contribution in [1.82, 2.24) is 10.6 Å². The van der Waals surface area contributed by atoms with Gasteiger partial charge in [-0.05, 0) is 55.7 Å². The van der Waals surface area contributed by atoms with Gasteiger partial charge < -0.3 is 20.0 Å². The highest BCUT2D eigenvalue weighted by molar-refractivity contribution is 6.01. The third kappa shape index (κ3) is 3.59. The van der Waals surface area contributed by atoms with Gasteiger partial charge in [0.1, 0.15) is 11.8 Å². The molecule has 1 aromatic heterocycles. The fourth-order valence-electron chi connectivity index (χ4n) is 2.97. The van der Waals surface area contributed by atoms with Crippen molar-refractivity contribution in [2.75, 3.05) is 11.4 Å². The van der Waals surface area contributed by atoms with Crippen LogP contribution in [0.15, 0.2) is 41.0 Å². The Labute approximate surface area is 140 Å². The van der Waals surface area contributed by atoms with Gasteiger partial charge in [-0.2, -0.15) is 0 Å². The van der Waals surface area contributed by atoms with Gasteiger partial charge in [0.05, 0.1) is 12.8 Å². The second-order valence-electron chi connectivity index (χ2n) is 6.08. The number of anilines is 1. The van der Waals surface area contributed by atoms with E-state index >= 15 is 0 Å². The van der Waals surface area contributed by atoms with Crippen molar-refractivity contribution in [3.63, 3.8) is 0 Å². The molecule has 1 aliphatic rings. The maximum absolute atomic E-state index is 12.6. The standard InChI is InChI=1S/C18H21N3O3/c1-12-8-13(2)10-14(9-12)21-6-5-16(17(21)22)20-18(23)19-11-15-4-3-7-24-15/h3-4,7-10,16H,5-6,11H2,1-2H3,(H2,19,20,23)/t16-/m0/s1. The number of nitrogens with one attached hydrogen (secondary N) is 2. The van der Waals surface area contributed by atoms with Crippen molar-refractivity contribution in [2.45, 2.75) is 32.9 Å². The lowest BCUT2D eigenvalue weighted by Gasteiger charge is -2.18. The topological polar surface area (TPSA) is 74.6 Å². The maximum Gasteiger partial charge on any atom is 0.315 e. The largest absolute Gasteiger partial charge is 0.467 e. The van der Waals surface area contributed by atoms with E-state index in [-0.39, 0.29) is 11.9 Å². The number of benzene rings is 1. The van der Waals surface area contributed by atoms with Gasteiger partial charge in [0.2, 0.25) is 5.91 Å². The van der Waals surface area contributed by atoms with Crippen molar-refractivity contribution in [2.24, 2.45) is 0 Å². The van der Waals surface area contributed by atoms with Crippen LogP contribution in [0.25, 0.3) is 0 Å². The number of rotatable bonds is 4. The normalized spacial score (nSPS) is 17.2. The summed E-state index contributed by atoms with van der Waals surface area (Å²) >= 11 is 0. The van der Waals surface area contributed by atoms with Crippen LogP contribution in [0.5, 0.6) is 0 Å². The third-order valence-corrected chi connectivity index (χ3v) is 4.03. The lowest BCUT2D eigenvalue weighted by atomic mass is 10.1. The number of carbonyl (C=O) groups excluding carboxylic acids is 2. The fourth-order valence-corrected chi connectivity index (χ4v) is 2.97. The molecule has 0 aliphatic carbocycles. The van der Waals surface area contributed by atoms with Crippen LogP contribution in [-0.4, -0.2) is 24.5 Å². The highest BCUT2D eigenvalue weighted by Gasteiger charge is 2.33. The van der Waals surface area contributed by atoms with E-state index in [1.807, 2.05) is 26.0 Å². The first-order valence-electron chi connectivity index (χ1n) is 7.99. The Balaban J connectivity index is 1.58. The molecular weight excluding hydrogens is 306 g/mol. The quantitative estimate of drug-likeness (QED) is 0.906. The first-order chi connectivity index (χ1) is 11.5. The molecule has 24 heavy (non-hydrogen) atoms. The van der Waals surface area contributed by atoms with Crippen LogP contribution in [0, 0.1) is 13.8 Å². The number of urea groups is 1. The zero-order chi connectivity index (χ0) is 17.1. The summed E-state index contributed by atoms with van der Waals surface area (Å²) in [4.78, 5) is 26.3. The molecule has 2 heterocycles. The Bertz CT molecular complexity index is 720. The monoisotopic (exact) mass is 327 g/mol. The SMILES string of the molecule is Cc1cc(C)cc(N2CC[C@H](NC(=O)NCc3ccco3)C2=O)c1. The van der Waals surface area contributed by atoms with Crippen LogP contribution in [0.4, 0.5) is 10.5 Å². The molecule has 0 unspecified atom stereocenters. The Morgan fingerprint density at radius 2 is 2.04 bits per heavy atom. The molecule has 3 amide bonds. The van der Waals surface area contributed by atoms with E-state index in [2.05, 4.69) is 16.7 Å². The molecule has 1 fully saturated rings. The van der Waals surface area contributed by atoms with Gasteiger partial charge in [-0.1, -0.05) is 6.07 Å². The average molecular weight is 327 g/mol. The summed E-state index contributed by atoms with van der Waals surface area (Å²) in [5, 5.41) is 5.43. The predicted octanol–water partition coefficient (Wildman–Crippen LogP) is 2.50. The van der Waals surface area contributed by atoms with E-state index in [0.717, 1.165) is 16.8 Å². The molecule has 1 atom stereocenters. The summed E-state index contributed by atoms with van der Waals surface area (Å²) in [6, 6.07) is 8.73. The van der Waals surface area contributed by atoms with Gasteiger partial charge in [-0.25, -0.2) is 4.79 Å². The van der Waals surface area contributed by atoms with Crippen LogP contribution in [0.3, 0.4) is 0 Å². The van der Waals surface area contributed by atoms with Crippen LogP contribution < -0.4 is 15.5 Å². The fraction of sp³-hybridized carbons (Fsp3) is 0.333. The Kier molecular flexibility index (Phi) is 4.55. The minimum absolute atomic E-state index is 0.0758. The van der Waals surface area contributed by atoms with Crippen molar-refractivity contribution >= 4 is 17.6 Å². The molecule has 6 heteroatoms. The van der Waals surface area contributed by atoms with E-state index < -0.39 is 6.04 Å². The molecule has 3 rings (SSSR count). The van der Waals surface area contributed by atoms with E-state index in [1.54, 1.807) is 23.3 Å². The number of carbonyl (C=O) groups is 2. The lowest BCUT2D eigenvalue weighted by Crippen LogP contribution is -2.45. The molecule has 126 valence electrons. The summed E-state index contributed by atoms with van der Waals surface area (Å²) in [7, 11) is 0. The Hall–Kier alpha value is -2.76. The number of hydrogen-bond acceptors (Lipinski definition) is 3. The molecule has 0 spiro atoms. The first-order valence-corrected chi connectivity index (χ1v) is 7.99. The average Bonchev–Trinajstić information content (AvgIpc) is 3.15. The molecule has 2 aromatic rings. The summed E-state index contributed by atoms with van der Waals surface area (Å²) in [6.07, 6.45) is 2.15. The second kappa shape index (κ2) is 6.78. The van der Waals surface area contributed by atoms with Crippen molar-refractivity contribution in [3.05, 3.63) is 53.5 Å². The van der Waals surface area contributed by atoms with Gasteiger partial charge in [-0.3, -0.25) is 4.79 Å². The number of furan rings is 1. The minimum atomic E-state index is -0.498. The van der Waals surface area contributed by atoms with Crippen molar-refractivity contribution in [1.29, 1.82) is 0 Å². The number of hydrogen-bond donors (Lipinski definition) is 2. The molecule has 1 aliphatic heterocycles. The summed E-state index contributed by atoms with van der Waals surface area (Å²) < 4.78 is 5.15. The smallest absolute Gasteiger partial charge is 0.315 e. The van der Waals surface area contributed by atoms with Crippen LogP contribution in [0.1, 0.15) is 23.3 Å². The van der Waals surface area contributed by atoms with Gasteiger partial charge in [0.15, 0.2) is 0 Å². The highest BCUT2D eigenvalue weighted by Crippen LogP contribution is 2.24. The van der Waals surface area contributed by atoms with Gasteiger partial charge in [0, 0.05) is 12.2 Å². The Morgan fingerprint density at radius 3 is 2.71 bits per heavy atom. The molecule has 0 bridgehead atoms. The van der Waals surface area contributed by atoms with E-state index in [0.29, 0.717) is 25.3 Å².